The molecular formula is C21H18Cl2N2O2S. The lowest BCUT2D eigenvalue weighted by atomic mass is 9.98. The molecule has 3 aromatic rings. The first-order valence-corrected chi connectivity index (χ1v) is 10.3. The maximum atomic E-state index is 13.4. The predicted octanol–water partition coefficient (Wildman–Crippen LogP) is 6.09. The van der Waals surface area contributed by atoms with E-state index in [1.54, 1.807) is 17.0 Å². The van der Waals surface area contributed by atoms with Crippen molar-refractivity contribution in [1.29, 1.82) is 0 Å². The van der Waals surface area contributed by atoms with Gasteiger partial charge in [0.25, 0.3) is 5.91 Å². The van der Waals surface area contributed by atoms with Gasteiger partial charge in [0.15, 0.2) is 6.73 Å². The van der Waals surface area contributed by atoms with Crippen LogP contribution in [0.5, 0.6) is 0 Å². The van der Waals surface area contributed by atoms with Gasteiger partial charge in [-0.25, -0.2) is 4.98 Å². The van der Waals surface area contributed by atoms with Crippen LogP contribution in [0.2, 0.25) is 10.0 Å². The Morgan fingerprint density at radius 3 is 2.46 bits per heavy atom. The minimum Gasteiger partial charge on any atom is -0.477 e. The Kier molecular flexibility index (Phi) is 4.86. The average Bonchev–Trinajstić information content (AvgIpc) is 3.13. The number of carbonyl (C=O) groups excluding carboxylic acids is 1. The Balaban J connectivity index is 1.77. The lowest BCUT2D eigenvalue weighted by Crippen LogP contribution is -2.49. The molecule has 4 nitrogen and oxygen atoms in total. The molecule has 1 aliphatic rings. The first-order valence-electron chi connectivity index (χ1n) is 8.77. The summed E-state index contributed by atoms with van der Waals surface area (Å²) in [4.78, 5) is 19.8. The van der Waals surface area contributed by atoms with Crippen LogP contribution in [0.1, 0.15) is 31.3 Å². The van der Waals surface area contributed by atoms with Gasteiger partial charge >= 0.3 is 0 Å². The average molecular weight is 433 g/mol. The van der Waals surface area contributed by atoms with Gasteiger partial charge < -0.3 is 4.74 Å². The molecule has 0 saturated carbocycles. The molecule has 0 fully saturated rings. The number of ether oxygens (including phenoxy) is 1. The zero-order valence-electron chi connectivity index (χ0n) is 15.6. The third-order valence-corrected chi connectivity index (χ3v) is 7.06. The second-order valence-corrected chi connectivity index (χ2v) is 8.90. The van der Waals surface area contributed by atoms with Crippen molar-refractivity contribution in [1.82, 2.24) is 9.88 Å². The minimum atomic E-state index is -0.700. The van der Waals surface area contributed by atoms with Crippen LogP contribution in [0.3, 0.4) is 0 Å². The van der Waals surface area contributed by atoms with Gasteiger partial charge in [-0.15, -0.1) is 11.3 Å². The monoisotopic (exact) mass is 432 g/mol. The van der Waals surface area contributed by atoms with E-state index >= 15 is 0 Å². The van der Waals surface area contributed by atoms with Crippen molar-refractivity contribution < 1.29 is 9.53 Å². The van der Waals surface area contributed by atoms with Gasteiger partial charge in [-0.05, 0) is 38.5 Å². The maximum Gasteiger partial charge on any atom is 0.261 e. The molecule has 0 bridgehead atoms. The Hall–Kier alpha value is -2.08. The van der Waals surface area contributed by atoms with Gasteiger partial charge in [-0.2, -0.15) is 0 Å². The first kappa shape index (κ1) is 19.2. The van der Waals surface area contributed by atoms with Gasteiger partial charge in [-0.3, -0.25) is 9.69 Å². The summed E-state index contributed by atoms with van der Waals surface area (Å²) < 4.78 is 6.68. The molecule has 0 unspecified atom stereocenters. The van der Waals surface area contributed by atoms with Crippen molar-refractivity contribution in [3.05, 3.63) is 68.8 Å². The molecule has 1 aromatic heterocycles. The van der Waals surface area contributed by atoms with Crippen LogP contribution in [-0.2, 0) is 15.1 Å². The fraction of sp³-hybridized carbons (Fsp3) is 0.238. The van der Waals surface area contributed by atoms with Crippen LogP contribution < -0.4 is 0 Å². The van der Waals surface area contributed by atoms with Crippen LogP contribution in [0.4, 0.5) is 0 Å². The Bertz CT molecular complexity index is 1070. The highest BCUT2D eigenvalue weighted by Gasteiger charge is 2.40. The molecule has 0 aliphatic carbocycles. The van der Waals surface area contributed by atoms with Gasteiger partial charge in [0.1, 0.15) is 16.3 Å². The standard InChI is InChI=1S/C21H18Cl2N2O2S/c1-12-16(13-7-5-4-6-8-13)19(26)25(11-27-12)21(2,3)20-24-17-14(22)9-10-15(23)18(17)28-20/h4-10H,11H2,1-3H3. The highest BCUT2D eigenvalue weighted by atomic mass is 35.5. The minimum absolute atomic E-state index is 0.0867. The van der Waals surface area contributed by atoms with E-state index < -0.39 is 5.54 Å². The quantitative estimate of drug-likeness (QED) is 0.502. The normalized spacial score (nSPS) is 15.3. The third-order valence-electron chi connectivity index (χ3n) is 4.93. The molecule has 0 saturated heterocycles. The number of hydrogen-bond donors (Lipinski definition) is 0. The molecule has 0 spiro atoms. The van der Waals surface area contributed by atoms with E-state index in [2.05, 4.69) is 0 Å². The van der Waals surface area contributed by atoms with Crippen LogP contribution in [0.15, 0.2) is 48.2 Å². The summed E-state index contributed by atoms with van der Waals surface area (Å²) in [6.45, 7) is 5.89. The van der Waals surface area contributed by atoms with Crippen molar-refractivity contribution >= 4 is 56.2 Å². The Labute approximate surface area is 177 Å². The SMILES string of the molecule is CC1=C(c2ccccc2)C(=O)N(C(C)(C)c2nc3c(Cl)ccc(Cl)c3s2)CO1. The second kappa shape index (κ2) is 7.07. The summed E-state index contributed by atoms with van der Waals surface area (Å²) in [6.07, 6.45) is 0. The van der Waals surface area contributed by atoms with E-state index in [9.17, 15) is 4.79 Å². The summed E-state index contributed by atoms with van der Waals surface area (Å²) in [7, 11) is 0. The summed E-state index contributed by atoms with van der Waals surface area (Å²) in [5, 5.41) is 1.89. The summed E-state index contributed by atoms with van der Waals surface area (Å²) >= 11 is 14.1. The number of allylic oxidation sites excluding steroid dienone is 1. The van der Waals surface area contributed by atoms with Crippen LogP contribution in [0.25, 0.3) is 15.8 Å². The fourth-order valence-electron chi connectivity index (χ4n) is 3.25. The summed E-state index contributed by atoms with van der Waals surface area (Å²) in [6, 6.07) is 13.0. The molecule has 1 amide bonds. The molecule has 7 heteroatoms. The van der Waals surface area contributed by atoms with E-state index in [1.807, 2.05) is 51.1 Å². The molecule has 1 aliphatic heterocycles. The number of halogens is 2. The van der Waals surface area contributed by atoms with E-state index in [0.29, 0.717) is 26.9 Å². The number of nitrogens with zero attached hydrogens (tertiary/aromatic N) is 2. The third kappa shape index (κ3) is 3.08. The maximum absolute atomic E-state index is 13.4. The van der Waals surface area contributed by atoms with Gasteiger partial charge in [0.05, 0.1) is 25.9 Å². The highest BCUT2D eigenvalue weighted by Crippen LogP contribution is 2.41. The van der Waals surface area contributed by atoms with Crippen LogP contribution in [-0.4, -0.2) is 22.5 Å². The Morgan fingerprint density at radius 1 is 1.11 bits per heavy atom. The summed E-state index contributed by atoms with van der Waals surface area (Å²) in [5.41, 5.74) is 1.36. The smallest absolute Gasteiger partial charge is 0.261 e. The molecule has 144 valence electrons. The summed E-state index contributed by atoms with van der Waals surface area (Å²) in [5.74, 6) is 0.537. The number of thiazole rings is 1. The van der Waals surface area contributed by atoms with Crippen molar-refractivity contribution in [2.75, 3.05) is 6.73 Å². The molecular weight excluding hydrogens is 415 g/mol. The highest BCUT2D eigenvalue weighted by molar-refractivity contribution is 7.19. The zero-order chi connectivity index (χ0) is 20.1. The predicted molar refractivity (Wildman–Crippen MR) is 115 cm³/mol. The molecule has 0 atom stereocenters. The molecule has 2 heterocycles. The molecule has 2 aromatic carbocycles. The van der Waals surface area contributed by atoms with E-state index in [1.165, 1.54) is 11.3 Å². The van der Waals surface area contributed by atoms with Crippen molar-refractivity contribution in [2.45, 2.75) is 26.3 Å². The number of amides is 1. The van der Waals surface area contributed by atoms with Crippen molar-refractivity contribution in [3.63, 3.8) is 0 Å². The number of aromatic nitrogens is 1. The van der Waals surface area contributed by atoms with E-state index in [0.717, 1.165) is 15.3 Å². The fourth-order valence-corrected chi connectivity index (χ4v) is 4.88. The van der Waals surface area contributed by atoms with Crippen LogP contribution >= 0.6 is 34.5 Å². The van der Waals surface area contributed by atoms with Gasteiger partial charge in [0, 0.05) is 0 Å². The number of fused-ring (bicyclic) bond motifs is 1. The lowest BCUT2D eigenvalue weighted by molar-refractivity contribution is -0.139. The topological polar surface area (TPSA) is 42.4 Å². The molecule has 0 radical (unpaired) electrons. The molecule has 4 rings (SSSR count). The Morgan fingerprint density at radius 2 is 1.79 bits per heavy atom. The zero-order valence-corrected chi connectivity index (χ0v) is 18.0. The van der Waals surface area contributed by atoms with Gasteiger partial charge in [-0.1, -0.05) is 53.5 Å². The number of carbonyl (C=O) groups is 1. The number of hydrogen-bond acceptors (Lipinski definition) is 4. The van der Waals surface area contributed by atoms with E-state index in [4.69, 9.17) is 32.9 Å². The van der Waals surface area contributed by atoms with Crippen LogP contribution in [0, 0.1) is 0 Å². The molecule has 0 N–H and O–H groups in total. The largest absolute Gasteiger partial charge is 0.477 e. The second-order valence-electron chi connectivity index (χ2n) is 7.09. The number of benzene rings is 2. The van der Waals surface area contributed by atoms with Crippen molar-refractivity contribution in [2.24, 2.45) is 0 Å². The first-order chi connectivity index (χ1) is 13.3. The lowest BCUT2D eigenvalue weighted by Gasteiger charge is -2.40. The van der Waals surface area contributed by atoms with Gasteiger partial charge in [0.2, 0.25) is 0 Å². The number of rotatable bonds is 3. The van der Waals surface area contributed by atoms with Crippen molar-refractivity contribution in [3.8, 4) is 0 Å². The molecule has 28 heavy (non-hydrogen) atoms. The van der Waals surface area contributed by atoms with E-state index in [-0.39, 0.29) is 12.6 Å².